The molecule has 2 saturated heterocycles. The normalized spacial score (nSPS) is 26.7. The highest BCUT2D eigenvalue weighted by atomic mass is 32.2. The summed E-state index contributed by atoms with van der Waals surface area (Å²) in [6.45, 7) is 3.97. The van der Waals surface area contributed by atoms with Crippen LogP contribution in [0.4, 0.5) is 26.3 Å². The van der Waals surface area contributed by atoms with E-state index in [0.717, 1.165) is 7.05 Å². The Morgan fingerprint density at radius 3 is 2.04 bits per heavy atom. The monoisotopic (exact) mass is 440 g/mol. The van der Waals surface area contributed by atoms with Gasteiger partial charge in [0.1, 0.15) is 0 Å². The first-order valence-corrected chi connectivity index (χ1v) is 10.7. The van der Waals surface area contributed by atoms with E-state index in [-0.39, 0.29) is 30.9 Å². The molecule has 0 aliphatic carbocycles. The van der Waals surface area contributed by atoms with Crippen LogP contribution in [0.25, 0.3) is 0 Å². The average molecular weight is 440 g/mol. The Bertz CT molecular complexity index is 630. The van der Waals surface area contributed by atoms with Crippen molar-refractivity contribution in [1.29, 1.82) is 0 Å². The third-order valence-electron chi connectivity index (χ3n) is 5.34. The molecule has 0 bridgehead atoms. The van der Waals surface area contributed by atoms with Crippen LogP contribution in [0.2, 0.25) is 0 Å². The lowest BCUT2D eigenvalue weighted by Crippen LogP contribution is -2.53. The zero-order valence-corrected chi connectivity index (χ0v) is 16.7. The van der Waals surface area contributed by atoms with Crippen LogP contribution in [-0.2, 0) is 14.8 Å². The molecule has 0 aromatic carbocycles. The fourth-order valence-corrected chi connectivity index (χ4v) is 5.73. The number of hydrogen-bond acceptors (Lipinski definition) is 4. The van der Waals surface area contributed by atoms with Gasteiger partial charge in [-0.2, -0.15) is 30.6 Å². The second kappa shape index (κ2) is 7.92. The molecule has 166 valence electrons. The SMILES string of the molecule is CC(C)CS(=O)(=O)N(C)C1CC2(CCNCC2)OC1C(C(F)(F)F)C(F)(F)F. The van der Waals surface area contributed by atoms with Crippen molar-refractivity contribution in [3.05, 3.63) is 0 Å². The Morgan fingerprint density at radius 1 is 1.11 bits per heavy atom. The summed E-state index contributed by atoms with van der Waals surface area (Å²) in [7, 11) is -3.01. The molecule has 1 spiro atoms. The van der Waals surface area contributed by atoms with Crippen LogP contribution in [0.5, 0.6) is 0 Å². The number of likely N-dealkylation sites (N-methyl/N-ethyl adjacent to an activating group) is 1. The molecule has 2 unspecified atom stereocenters. The molecule has 2 heterocycles. The maximum atomic E-state index is 13.4. The van der Waals surface area contributed by atoms with Crippen molar-refractivity contribution in [1.82, 2.24) is 9.62 Å². The van der Waals surface area contributed by atoms with Gasteiger partial charge in [0.05, 0.1) is 23.5 Å². The summed E-state index contributed by atoms with van der Waals surface area (Å²) in [6.07, 6.45) is -13.3. The molecule has 0 saturated carbocycles. The van der Waals surface area contributed by atoms with Gasteiger partial charge in [0.25, 0.3) is 0 Å². The summed E-state index contributed by atoms with van der Waals surface area (Å²) in [6, 6.07) is -1.55. The minimum atomic E-state index is -5.61. The zero-order chi connectivity index (χ0) is 21.5. The quantitative estimate of drug-likeness (QED) is 0.668. The van der Waals surface area contributed by atoms with Gasteiger partial charge in [-0.25, -0.2) is 8.42 Å². The standard InChI is InChI=1S/C16H26F6N2O3S/c1-10(2)9-28(25,26)24(3)11-8-14(4-6-23-7-5-14)27-12(11)13(15(17,18)19)16(20,21)22/h10-13,23H,4-9H2,1-3H3. The van der Waals surface area contributed by atoms with Crippen LogP contribution in [0, 0.1) is 11.8 Å². The number of piperidine rings is 1. The molecule has 2 rings (SSSR count). The predicted molar refractivity (Wildman–Crippen MR) is 90.1 cm³/mol. The molecular formula is C16H26F6N2O3S. The fourth-order valence-electron chi connectivity index (χ4n) is 4.05. The van der Waals surface area contributed by atoms with E-state index in [2.05, 4.69) is 5.32 Å². The number of halogens is 6. The maximum absolute atomic E-state index is 13.4. The van der Waals surface area contributed by atoms with Gasteiger partial charge in [-0.1, -0.05) is 13.8 Å². The largest absolute Gasteiger partial charge is 0.403 e. The van der Waals surface area contributed by atoms with E-state index in [4.69, 9.17) is 4.74 Å². The van der Waals surface area contributed by atoms with Crippen LogP contribution >= 0.6 is 0 Å². The zero-order valence-electron chi connectivity index (χ0n) is 15.9. The van der Waals surface area contributed by atoms with E-state index in [1.807, 2.05) is 0 Å². The van der Waals surface area contributed by atoms with Gasteiger partial charge in [0.2, 0.25) is 10.0 Å². The van der Waals surface area contributed by atoms with E-state index in [0.29, 0.717) is 17.4 Å². The van der Waals surface area contributed by atoms with Crippen molar-refractivity contribution in [2.24, 2.45) is 11.8 Å². The highest BCUT2D eigenvalue weighted by molar-refractivity contribution is 7.89. The summed E-state index contributed by atoms with van der Waals surface area (Å²) in [5.74, 6) is -4.46. The Morgan fingerprint density at radius 2 is 1.61 bits per heavy atom. The third-order valence-corrected chi connectivity index (χ3v) is 7.58. The lowest BCUT2D eigenvalue weighted by atomic mass is 9.86. The van der Waals surface area contributed by atoms with E-state index < -0.39 is 46.0 Å². The van der Waals surface area contributed by atoms with Gasteiger partial charge in [-0.05, 0) is 38.3 Å². The van der Waals surface area contributed by atoms with Crippen LogP contribution in [0.1, 0.15) is 33.1 Å². The van der Waals surface area contributed by atoms with Crippen molar-refractivity contribution in [2.75, 3.05) is 25.9 Å². The van der Waals surface area contributed by atoms with Crippen molar-refractivity contribution < 1.29 is 39.5 Å². The molecule has 2 aliphatic rings. The lowest BCUT2D eigenvalue weighted by Gasteiger charge is -2.36. The third kappa shape index (κ3) is 5.11. The molecule has 0 aromatic rings. The topological polar surface area (TPSA) is 58.6 Å². The summed E-state index contributed by atoms with van der Waals surface area (Å²) < 4.78 is 112. The number of rotatable bonds is 5. The Hall–Kier alpha value is -0.590. The second-order valence-electron chi connectivity index (χ2n) is 8.04. The molecule has 2 atom stereocenters. The second-order valence-corrected chi connectivity index (χ2v) is 10.1. The maximum Gasteiger partial charge on any atom is 0.403 e. The van der Waals surface area contributed by atoms with Gasteiger partial charge in [0.15, 0.2) is 5.92 Å². The van der Waals surface area contributed by atoms with E-state index >= 15 is 0 Å². The van der Waals surface area contributed by atoms with E-state index in [1.54, 1.807) is 13.8 Å². The van der Waals surface area contributed by atoms with Gasteiger partial charge in [-0.3, -0.25) is 0 Å². The Balaban J connectivity index is 2.46. The Labute approximate surface area is 160 Å². The number of sulfonamides is 1. The van der Waals surface area contributed by atoms with Gasteiger partial charge >= 0.3 is 12.4 Å². The first kappa shape index (κ1) is 23.7. The lowest BCUT2D eigenvalue weighted by molar-refractivity contribution is -0.315. The van der Waals surface area contributed by atoms with Gasteiger partial charge in [-0.15, -0.1) is 0 Å². The summed E-state index contributed by atoms with van der Waals surface area (Å²) in [4.78, 5) is 0. The minimum Gasteiger partial charge on any atom is -0.369 e. The number of hydrogen-bond donors (Lipinski definition) is 1. The molecule has 12 heteroatoms. The molecular weight excluding hydrogens is 414 g/mol. The molecule has 0 radical (unpaired) electrons. The number of nitrogens with zero attached hydrogens (tertiary/aromatic N) is 1. The average Bonchev–Trinajstić information content (AvgIpc) is 2.81. The van der Waals surface area contributed by atoms with E-state index in [9.17, 15) is 34.8 Å². The highest BCUT2D eigenvalue weighted by Crippen LogP contribution is 2.50. The Kier molecular flexibility index (Phi) is 6.70. The summed E-state index contributed by atoms with van der Waals surface area (Å²) >= 11 is 0. The first-order valence-electron chi connectivity index (χ1n) is 9.07. The van der Waals surface area contributed by atoms with E-state index in [1.165, 1.54) is 0 Å². The molecule has 0 aromatic heterocycles. The van der Waals surface area contributed by atoms with Gasteiger partial charge < -0.3 is 10.1 Å². The number of alkyl halides is 6. The summed E-state index contributed by atoms with van der Waals surface area (Å²) in [5, 5.41) is 2.98. The molecule has 0 amide bonds. The molecule has 2 fully saturated rings. The first-order chi connectivity index (χ1) is 12.6. The fraction of sp³-hybridized carbons (Fsp3) is 1.00. The van der Waals surface area contributed by atoms with Crippen molar-refractivity contribution in [3.8, 4) is 0 Å². The predicted octanol–water partition coefficient (Wildman–Crippen LogP) is 2.92. The van der Waals surface area contributed by atoms with Crippen molar-refractivity contribution >= 4 is 10.0 Å². The van der Waals surface area contributed by atoms with Crippen LogP contribution < -0.4 is 5.32 Å². The molecule has 5 nitrogen and oxygen atoms in total. The van der Waals surface area contributed by atoms with Crippen molar-refractivity contribution in [3.63, 3.8) is 0 Å². The van der Waals surface area contributed by atoms with Gasteiger partial charge in [0, 0.05) is 7.05 Å². The highest BCUT2D eigenvalue weighted by Gasteiger charge is 2.66. The van der Waals surface area contributed by atoms with Crippen molar-refractivity contribution in [2.45, 2.75) is 63.2 Å². The summed E-state index contributed by atoms with van der Waals surface area (Å²) in [5.41, 5.74) is -1.20. The molecule has 1 N–H and O–H groups in total. The smallest absolute Gasteiger partial charge is 0.369 e. The number of nitrogens with one attached hydrogen (secondary N) is 1. The molecule has 2 aliphatic heterocycles. The van der Waals surface area contributed by atoms with Crippen LogP contribution in [-0.4, -0.2) is 68.7 Å². The van der Waals surface area contributed by atoms with Crippen LogP contribution in [0.3, 0.4) is 0 Å². The minimum absolute atomic E-state index is 0.199. The number of ether oxygens (including phenoxy) is 1. The molecule has 28 heavy (non-hydrogen) atoms. The van der Waals surface area contributed by atoms with Crippen LogP contribution in [0.15, 0.2) is 0 Å².